The van der Waals surface area contributed by atoms with Crippen molar-refractivity contribution >= 4 is 0 Å². The average Bonchev–Trinajstić information content (AvgIpc) is 2.17. The molecule has 0 saturated heterocycles. The predicted molar refractivity (Wildman–Crippen MR) is 69.2 cm³/mol. The molecule has 1 heterocycles. The fourth-order valence-corrected chi connectivity index (χ4v) is 1.71. The average molecular weight is 220 g/mol. The summed E-state index contributed by atoms with van der Waals surface area (Å²) in [6.45, 7) is 9.10. The minimum atomic E-state index is 0.235. The molecule has 16 heavy (non-hydrogen) atoms. The van der Waals surface area contributed by atoms with E-state index in [9.17, 15) is 0 Å². The Labute approximate surface area is 99.3 Å². The van der Waals surface area contributed by atoms with Crippen molar-refractivity contribution in [2.75, 3.05) is 0 Å². The van der Waals surface area contributed by atoms with Crippen LogP contribution in [0.15, 0.2) is 24.5 Å². The molecule has 0 fully saturated rings. The summed E-state index contributed by atoms with van der Waals surface area (Å²) in [5.74, 6) is 0.638. The van der Waals surface area contributed by atoms with Crippen molar-refractivity contribution in [1.29, 1.82) is 0 Å². The number of pyridine rings is 1. The Morgan fingerprint density at radius 1 is 1.38 bits per heavy atom. The van der Waals surface area contributed by atoms with E-state index in [4.69, 9.17) is 5.73 Å². The van der Waals surface area contributed by atoms with Crippen LogP contribution in [-0.4, -0.2) is 11.0 Å². The van der Waals surface area contributed by atoms with Gasteiger partial charge >= 0.3 is 0 Å². The van der Waals surface area contributed by atoms with Gasteiger partial charge in [0, 0.05) is 18.4 Å². The van der Waals surface area contributed by atoms with E-state index in [1.807, 2.05) is 12.3 Å². The van der Waals surface area contributed by atoms with Gasteiger partial charge in [0.1, 0.15) is 0 Å². The Hall–Kier alpha value is -0.890. The molecule has 1 rings (SSSR count). The molecular weight excluding hydrogens is 196 g/mol. The van der Waals surface area contributed by atoms with Gasteiger partial charge in [-0.2, -0.15) is 0 Å². The van der Waals surface area contributed by atoms with Crippen molar-refractivity contribution in [1.82, 2.24) is 4.98 Å². The molecule has 0 aromatic carbocycles. The Bertz CT molecular complexity index is 300. The van der Waals surface area contributed by atoms with Crippen molar-refractivity contribution in [2.45, 2.75) is 46.6 Å². The van der Waals surface area contributed by atoms with Gasteiger partial charge in [-0.05, 0) is 35.8 Å². The van der Waals surface area contributed by atoms with Crippen LogP contribution < -0.4 is 5.73 Å². The second kappa shape index (κ2) is 5.44. The van der Waals surface area contributed by atoms with Crippen LogP contribution in [0.4, 0.5) is 0 Å². The lowest BCUT2D eigenvalue weighted by Gasteiger charge is -2.29. The zero-order valence-corrected chi connectivity index (χ0v) is 10.9. The maximum atomic E-state index is 6.18. The molecule has 0 aliphatic rings. The van der Waals surface area contributed by atoms with Crippen molar-refractivity contribution < 1.29 is 0 Å². The van der Waals surface area contributed by atoms with E-state index in [0.29, 0.717) is 11.3 Å². The maximum absolute atomic E-state index is 6.18. The molecule has 0 radical (unpaired) electrons. The molecule has 0 aliphatic carbocycles. The number of hydrogen-bond acceptors (Lipinski definition) is 2. The summed E-state index contributed by atoms with van der Waals surface area (Å²) < 4.78 is 0. The van der Waals surface area contributed by atoms with E-state index in [0.717, 1.165) is 12.8 Å². The molecule has 2 atom stereocenters. The largest absolute Gasteiger partial charge is 0.327 e. The number of nitrogens with zero attached hydrogens (tertiary/aromatic N) is 1. The third-order valence-electron chi connectivity index (χ3n) is 3.36. The third kappa shape index (κ3) is 4.31. The fourth-order valence-electron chi connectivity index (χ4n) is 1.71. The summed E-state index contributed by atoms with van der Waals surface area (Å²) in [4.78, 5) is 4.11. The smallest absolute Gasteiger partial charge is 0.0300 e. The van der Waals surface area contributed by atoms with Crippen LogP contribution >= 0.6 is 0 Å². The van der Waals surface area contributed by atoms with Gasteiger partial charge in [-0.25, -0.2) is 0 Å². The van der Waals surface area contributed by atoms with E-state index in [1.54, 1.807) is 6.20 Å². The van der Waals surface area contributed by atoms with E-state index in [2.05, 4.69) is 38.7 Å². The third-order valence-corrected chi connectivity index (χ3v) is 3.36. The minimum absolute atomic E-state index is 0.235. The molecule has 90 valence electrons. The second-order valence-electron chi connectivity index (χ2n) is 5.83. The molecule has 0 saturated carbocycles. The van der Waals surface area contributed by atoms with Crippen molar-refractivity contribution in [3.63, 3.8) is 0 Å². The van der Waals surface area contributed by atoms with Gasteiger partial charge in [0.05, 0.1) is 0 Å². The van der Waals surface area contributed by atoms with Crippen LogP contribution in [0.25, 0.3) is 0 Å². The molecule has 0 spiro atoms. The molecule has 2 heteroatoms. The number of nitrogens with two attached hydrogens (primary N) is 1. The highest BCUT2D eigenvalue weighted by molar-refractivity contribution is 5.09. The topological polar surface area (TPSA) is 38.9 Å². The normalized spacial score (nSPS) is 15.8. The lowest BCUT2D eigenvalue weighted by molar-refractivity contribution is 0.233. The van der Waals surface area contributed by atoms with Crippen LogP contribution in [0.1, 0.15) is 39.7 Å². The lowest BCUT2D eigenvalue weighted by atomic mass is 9.78. The fraction of sp³-hybridized carbons (Fsp3) is 0.643. The highest BCUT2D eigenvalue weighted by atomic mass is 14.6. The Kier molecular flexibility index (Phi) is 4.48. The summed E-state index contributed by atoms with van der Waals surface area (Å²) in [5, 5.41) is 0. The lowest BCUT2D eigenvalue weighted by Crippen LogP contribution is -2.30. The zero-order chi connectivity index (χ0) is 12.2. The first-order valence-corrected chi connectivity index (χ1v) is 6.04. The SMILES string of the molecule is CC(CC(N)Cc1cccnc1)C(C)(C)C. The molecule has 2 nitrogen and oxygen atoms in total. The highest BCUT2D eigenvalue weighted by Crippen LogP contribution is 2.29. The molecule has 0 amide bonds. The van der Waals surface area contributed by atoms with E-state index in [1.165, 1.54) is 5.56 Å². The first kappa shape index (κ1) is 13.2. The van der Waals surface area contributed by atoms with Crippen LogP contribution in [0.3, 0.4) is 0 Å². The Morgan fingerprint density at radius 3 is 2.56 bits per heavy atom. The van der Waals surface area contributed by atoms with Crippen LogP contribution in [0, 0.1) is 11.3 Å². The van der Waals surface area contributed by atoms with Gasteiger partial charge in [0.2, 0.25) is 0 Å². The monoisotopic (exact) mass is 220 g/mol. The van der Waals surface area contributed by atoms with Gasteiger partial charge in [-0.1, -0.05) is 33.8 Å². The number of aromatic nitrogens is 1. The molecule has 2 unspecified atom stereocenters. The standard InChI is InChI=1S/C14H24N2/c1-11(14(2,3)4)8-13(15)9-12-6-5-7-16-10-12/h5-7,10-11,13H,8-9,15H2,1-4H3. The second-order valence-corrected chi connectivity index (χ2v) is 5.83. The van der Waals surface area contributed by atoms with E-state index < -0.39 is 0 Å². The van der Waals surface area contributed by atoms with E-state index >= 15 is 0 Å². The number of hydrogen-bond donors (Lipinski definition) is 1. The van der Waals surface area contributed by atoms with Crippen molar-refractivity contribution in [3.8, 4) is 0 Å². The van der Waals surface area contributed by atoms with Gasteiger partial charge in [0.15, 0.2) is 0 Å². The Balaban J connectivity index is 2.45. The van der Waals surface area contributed by atoms with E-state index in [-0.39, 0.29) is 6.04 Å². The van der Waals surface area contributed by atoms with Crippen LogP contribution in [0.5, 0.6) is 0 Å². The van der Waals surface area contributed by atoms with Crippen LogP contribution in [0.2, 0.25) is 0 Å². The molecular formula is C14H24N2. The minimum Gasteiger partial charge on any atom is -0.327 e. The quantitative estimate of drug-likeness (QED) is 0.847. The van der Waals surface area contributed by atoms with Gasteiger partial charge in [-0.15, -0.1) is 0 Å². The molecule has 1 aromatic rings. The summed E-state index contributed by atoms with van der Waals surface area (Å²) >= 11 is 0. The first-order chi connectivity index (χ1) is 7.39. The molecule has 1 aromatic heterocycles. The van der Waals surface area contributed by atoms with Crippen molar-refractivity contribution in [3.05, 3.63) is 30.1 Å². The molecule has 0 bridgehead atoms. The summed E-state index contributed by atoms with van der Waals surface area (Å²) in [5.41, 5.74) is 7.75. The summed E-state index contributed by atoms with van der Waals surface area (Å²) in [6.07, 6.45) is 5.70. The van der Waals surface area contributed by atoms with Crippen molar-refractivity contribution in [2.24, 2.45) is 17.1 Å². The first-order valence-electron chi connectivity index (χ1n) is 6.04. The molecule has 2 N–H and O–H groups in total. The van der Waals surface area contributed by atoms with Gasteiger partial charge < -0.3 is 5.73 Å². The van der Waals surface area contributed by atoms with Gasteiger partial charge in [0.25, 0.3) is 0 Å². The zero-order valence-electron chi connectivity index (χ0n) is 10.9. The van der Waals surface area contributed by atoms with Crippen LogP contribution in [-0.2, 0) is 6.42 Å². The Morgan fingerprint density at radius 2 is 2.06 bits per heavy atom. The molecule has 0 aliphatic heterocycles. The predicted octanol–water partition coefficient (Wildman–Crippen LogP) is 3.02. The number of rotatable bonds is 4. The maximum Gasteiger partial charge on any atom is 0.0300 e. The van der Waals surface area contributed by atoms with Gasteiger partial charge in [-0.3, -0.25) is 4.98 Å². The highest BCUT2D eigenvalue weighted by Gasteiger charge is 2.22. The summed E-state index contributed by atoms with van der Waals surface area (Å²) in [6, 6.07) is 4.29. The summed E-state index contributed by atoms with van der Waals surface area (Å²) in [7, 11) is 0.